The van der Waals surface area contributed by atoms with Crippen LogP contribution in [0.5, 0.6) is 0 Å². The third-order valence-corrected chi connectivity index (χ3v) is 14.6. The molecule has 320 valence electrons. The van der Waals surface area contributed by atoms with Crippen LogP contribution in [0, 0.1) is 48.0 Å². The van der Waals surface area contributed by atoms with Crippen molar-refractivity contribution in [2.45, 2.75) is 164 Å². The van der Waals surface area contributed by atoms with Crippen LogP contribution in [0.2, 0.25) is 0 Å². The van der Waals surface area contributed by atoms with Gasteiger partial charge in [-0.15, -0.1) is 4.99 Å². The first-order chi connectivity index (χ1) is 27.3. The number of carbonyl (C=O) groups is 2. The van der Waals surface area contributed by atoms with Crippen molar-refractivity contribution < 1.29 is 59.8 Å². The number of nitrogens with zero attached hydrogens (tertiary/aromatic N) is 1. The molecule has 0 radical (unpaired) electrons. The number of amides is 1. The van der Waals surface area contributed by atoms with Crippen molar-refractivity contribution in [1.29, 1.82) is 0 Å². The van der Waals surface area contributed by atoms with Crippen LogP contribution in [-0.2, 0) is 19.1 Å². The summed E-state index contributed by atoms with van der Waals surface area (Å²) in [5.41, 5.74) is 4.75. The molecular weight excluding hydrogens is 734 g/mol. The molecule has 3 heterocycles. The second kappa shape index (κ2) is 19.8. The summed E-state index contributed by atoms with van der Waals surface area (Å²) in [5.74, 6) is -1.28. The van der Waals surface area contributed by atoms with Crippen LogP contribution in [0.4, 0.5) is 0 Å². The molecule has 2 saturated heterocycles. The molecule has 14 nitrogen and oxygen atoms in total. The van der Waals surface area contributed by atoms with E-state index in [0.717, 1.165) is 24.3 Å². The lowest BCUT2D eigenvalue weighted by molar-refractivity contribution is -0.680. The SMILES string of the molecule is CCC1CCCCC1C=CCC(C)C(C[NH2+]CC1(O)C(OC2CCC3C(C2)[OH+]C(C(N)=O)C(C2CCC(O)CC2)C3O)OC(C(=O)[O-])C(O)C1O)CC1=C[CH+]N=C1. The zero-order chi connectivity index (χ0) is 40.9. The average Bonchev–Trinajstić information content (AvgIpc) is 3.71. The number of aliphatic imine (C=N–C) groups is 1. The highest BCUT2D eigenvalue weighted by molar-refractivity contribution is 5.82. The van der Waals surface area contributed by atoms with Crippen LogP contribution >= 0.6 is 0 Å². The van der Waals surface area contributed by atoms with Gasteiger partial charge in [-0.05, 0) is 81.5 Å². The number of primary amides is 1. The number of rotatable bonds is 16. The van der Waals surface area contributed by atoms with Crippen molar-refractivity contribution in [3.8, 4) is 0 Å². The number of carboxylic acid groups (broad SMARTS) is 1. The largest absolute Gasteiger partial charge is 0.547 e. The highest BCUT2D eigenvalue weighted by Gasteiger charge is 2.60. The van der Waals surface area contributed by atoms with Crippen molar-refractivity contribution >= 4 is 18.1 Å². The smallest absolute Gasteiger partial charge is 0.297 e. The number of hydrogen-bond acceptors (Lipinski definition) is 11. The van der Waals surface area contributed by atoms with Crippen molar-refractivity contribution in [1.82, 2.24) is 0 Å². The van der Waals surface area contributed by atoms with Crippen molar-refractivity contribution in [3.05, 3.63) is 30.3 Å². The van der Waals surface area contributed by atoms with E-state index in [-0.39, 0.29) is 42.7 Å². The molecule has 0 aromatic heterocycles. The van der Waals surface area contributed by atoms with E-state index in [4.69, 9.17) is 19.9 Å². The molecule has 0 aromatic carbocycles. The number of ether oxygens (including phenoxy) is 3. The van der Waals surface area contributed by atoms with Gasteiger partial charge in [-0.3, -0.25) is 4.79 Å². The highest BCUT2D eigenvalue weighted by atomic mass is 16.7. The number of allylic oxidation sites excluding steroid dienone is 3. The van der Waals surface area contributed by atoms with Gasteiger partial charge in [0.1, 0.15) is 37.0 Å². The van der Waals surface area contributed by atoms with Gasteiger partial charge in [0.05, 0.1) is 48.7 Å². The monoisotopic (exact) mass is 803 g/mol. The molecule has 15 atom stereocenters. The molecule has 14 heteroatoms. The summed E-state index contributed by atoms with van der Waals surface area (Å²) in [7, 11) is 0. The Bertz CT molecular complexity index is 1440. The van der Waals surface area contributed by atoms with Gasteiger partial charge in [0.15, 0.2) is 24.2 Å². The molecule has 15 unspecified atom stereocenters. The molecule has 0 bridgehead atoms. The summed E-state index contributed by atoms with van der Waals surface area (Å²) in [6, 6.07) is 0. The van der Waals surface area contributed by atoms with E-state index in [1.54, 1.807) is 6.54 Å². The van der Waals surface area contributed by atoms with E-state index in [0.29, 0.717) is 51.0 Å². The van der Waals surface area contributed by atoms with Crippen molar-refractivity contribution in [3.63, 3.8) is 0 Å². The first-order valence-electron chi connectivity index (χ1n) is 21.8. The van der Waals surface area contributed by atoms with Gasteiger partial charge in [-0.2, -0.15) is 0 Å². The van der Waals surface area contributed by atoms with Gasteiger partial charge in [0, 0.05) is 18.8 Å². The molecule has 3 aliphatic heterocycles. The van der Waals surface area contributed by atoms with Gasteiger partial charge in [0.25, 0.3) is 5.91 Å². The standard InChI is InChI=1S/C43H67N3O11/c1-3-26-8-4-5-9-27(26)10-6-7-24(2)29(19-25-17-18-45-21-25)22-46-23-43(54)39(50)36(49)38(41(52)53)57-42(43)55-31-15-16-32-33(20-31)56-37(40(44)51)34(35(32)48)28-11-13-30(47)14-12-28/h6,10,17-18,21,24,26-39,42,46-50,54H,3-5,7-9,11-16,19-20,22-23H2,1-2H3,(H2-,44,51,52,53)/p+2. The molecular formula is C43H69N3O11+2. The first kappa shape index (κ1) is 44.2. The van der Waals surface area contributed by atoms with E-state index < -0.39 is 72.4 Å². The number of aliphatic carboxylic acids is 1. The number of aliphatic hydroxyl groups excluding tert-OH is 4. The molecule has 6 aliphatic rings. The lowest BCUT2D eigenvalue weighted by Gasteiger charge is -2.50. The predicted molar refractivity (Wildman–Crippen MR) is 209 cm³/mol. The number of carbonyl (C=O) groups excluding carboxylic acids is 2. The summed E-state index contributed by atoms with van der Waals surface area (Å²) in [6.07, 6.45) is 9.46. The van der Waals surface area contributed by atoms with Crippen LogP contribution in [0.15, 0.2) is 28.8 Å². The zero-order valence-corrected chi connectivity index (χ0v) is 33.8. The third kappa shape index (κ3) is 10.3. The zero-order valence-electron chi connectivity index (χ0n) is 33.8. The summed E-state index contributed by atoms with van der Waals surface area (Å²) in [6.45, 7) is 6.67. The Hall–Kier alpha value is -2.40. The molecule has 5 fully saturated rings. The second-order valence-corrected chi connectivity index (χ2v) is 18.2. The molecule has 3 aliphatic carbocycles. The Morgan fingerprint density at radius 1 is 1.12 bits per heavy atom. The normalized spacial score (nSPS) is 42.2. The highest BCUT2D eigenvalue weighted by Crippen LogP contribution is 2.45. The molecule has 57 heavy (non-hydrogen) atoms. The molecule has 0 aromatic rings. The number of carboxylic acids is 1. The molecule has 3 saturated carbocycles. The van der Waals surface area contributed by atoms with E-state index in [1.807, 2.05) is 17.6 Å². The molecule has 10 N–H and O–H groups in total. The van der Waals surface area contributed by atoms with E-state index in [9.17, 15) is 40.2 Å². The van der Waals surface area contributed by atoms with Crippen LogP contribution < -0.4 is 16.2 Å². The van der Waals surface area contributed by atoms with Gasteiger partial charge >= 0.3 is 0 Å². The van der Waals surface area contributed by atoms with E-state index in [1.165, 1.54) is 32.1 Å². The minimum Gasteiger partial charge on any atom is -0.547 e. The van der Waals surface area contributed by atoms with Gasteiger partial charge in [-0.25, -0.2) is 0 Å². The second-order valence-electron chi connectivity index (χ2n) is 18.2. The summed E-state index contributed by atoms with van der Waals surface area (Å²) >= 11 is 0. The maximum Gasteiger partial charge on any atom is 0.297 e. The van der Waals surface area contributed by atoms with Crippen LogP contribution in [-0.4, -0.2) is 122 Å². The Morgan fingerprint density at radius 3 is 2.56 bits per heavy atom. The maximum atomic E-state index is 12.7. The van der Waals surface area contributed by atoms with E-state index >= 15 is 0 Å². The number of nitrogens with two attached hydrogens (primary N) is 2. The Labute approximate surface area is 337 Å². The number of fused-ring (bicyclic) bond motifs is 1. The third-order valence-electron chi connectivity index (χ3n) is 14.6. The Kier molecular flexibility index (Phi) is 15.3. The molecule has 6 rings (SSSR count). The Morgan fingerprint density at radius 2 is 1.88 bits per heavy atom. The van der Waals surface area contributed by atoms with Crippen molar-refractivity contribution in [2.75, 3.05) is 13.1 Å². The number of quaternary nitrogens is 1. The first-order valence-corrected chi connectivity index (χ1v) is 21.8. The molecule has 1 amide bonds. The van der Waals surface area contributed by atoms with Crippen molar-refractivity contribution in [2.24, 2.45) is 52.2 Å². The number of aliphatic hydroxyl groups is 7. The topological polar surface area (TPSA) is 245 Å². The lowest BCUT2D eigenvalue weighted by atomic mass is 9.66. The Balaban J connectivity index is 1.12. The summed E-state index contributed by atoms with van der Waals surface area (Å²) in [5, 5.41) is 70.0. The average molecular weight is 804 g/mol. The summed E-state index contributed by atoms with van der Waals surface area (Å²) in [4.78, 5) is 29.0. The van der Waals surface area contributed by atoms with E-state index in [2.05, 4.69) is 31.0 Å². The fraction of sp³-hybridized carbons (Fsp3) is 0.814. The fourth-order valence-electron chi connectivity index (χ4n) is 11.0. The summed E-state index contributed by atoms with van der Waals surface area (Å²) < 4.78 is 16.9. The van der Waals surface area contributed by atoms with Crippen LogP contribution in [0.1, 0.15) is 104 Å². The van der Waals surface area contributed by atoms with Gasteiger partial charge < -0.3 is 60.7 Å². The maximum absolute atomic E-state index is 12.7. The minimum absolute atomic E-state index is 0.00598. The van der Waals surface area contributed by atoms with Gasteiger partial charge in [-0.1, -0.05) is 45.3 Å². The minimum atomic E-state index is -2.20. The predicted octanol–water partition coefficient (Wildman–Crippen LogP) is -0.0672. The quantitative estimate of drug-likeness (QED) is 0.0623. The van der Waals surface area contributed by atoms with Gasteiger partial charge in [0.2, 0.25) is 6.10 Å². The number of hydrogen-bond donors (Lipinski definition) is 7. The molecule has 0 spiro atoms. The fourth-order valence-corrected chi connectivity index (χ4v) is 11.0. The van der Waals surface area contributed by atoms with Crippen LogP contribution in [0.3, 0.4) is 0 Å². The van der Waals surface area contributed by atoms with Crippen LogP contribution in [0.25, 0.3) is 0 Å². The lowest BCUT2D eigenvalue weighted by Crippen LogP contribution is -2.93.